The quantitative estimate of drug-likeness (QED) is 0.225. The lowest BCUT2D eigenvalue weighted by atomic mass is 10.0. The molecule has 0 aliphatic rings. The fourth-order valence-corrected chi connectivity index (χ4v) is 4.60. The van der Waals surface area contributed by atoms with Gasteiger partial charge in [-0.1, -0.05) is 42.5 Å². The maximum atomic E-state index is 13.4. The first-order valence-electron chi connectivity index (χ1n) is 9.64. The van der Waals surface area contributed by atoms with E-state index in [1.807, 2.05) is 44.2 Å². The highest BCUT2D eigenvalue weighted by molar-refractivity contribution is 7.79. The summed E-state index contributed by atoms with van der Waals surface area (Å²) in [4.78, 5) is 25.7. The standard InChI is InChI=1S/C23H24N4O2S2/c1-15-16(2)31-23(26(14-30)27(24)13-18-7-5-4-6-8-18)21(15)22(29)19-9-11-20(12-10-19)25-17(3)28/h4-12,14H,13,24H2,1-3H3,(H,25,28). The number of ketones is 1. The smallest absolute Gasteiger partial charge is 0.221 e. The topological polar surface area (TPSA) is 78.7 Å². The minimum absolute atomic E-state index is 0.124. The lowest BCUT2D eigenvalue weighted by Crippen LogP contribution is -2.46. The van der Waals surface area contributed by atoms with Crippen LogP contribution in [0, 0.1) is 13.8 Å². The Labute approximate surface area is 191 Å². The number of anilines is 2. The van der Waals surface area contributed by atoms with Crippen molar-refractivity contribution in [3.8, 4) is 0 Å². The maximum absolute atomic E-state index is 13.4. The number of carbonyl (C=O) groups excluding carboxylic acids is 2. The number of rotatable bonds is 8. The maximum Gasteiger partial charge on any atom is 0.221 e. The Morgan fingerprint density at radius 1 is 1.10 bits per heavy atom. The number of amides is 1. The number of benzene rings is 2. The van der Waals surface area contributed by atoms with Crippen molar-refractivity contribution in [3.63, 3.8) is 0 Å². The molecule has 8 heteroatoms. The molecule has 1 aromatic heterocycles. The van der Waals surface area contributed by atoms with Gasteiger partial charge in [0.1, 0.15) is 5.00 Å². The van der Waals surface area contributed by atoms with Gasteiger partial charge in [-0.3, -0.25) is 9.59 Å². The van der Waals surface area contributed by atoms with Crippen molar-refractivity contribution in [2.75, 3.05) is 10.3 Å². The van der Waals surface area contributed by atoms with Gasteiger partial charge in [0.15, 0.2) is 5.78 Å². The van der Waals surface area contributed by atoms with Gasteiger partial charge < -0.3 is 5.32 Å². The number of hydrogen-bond acceptors (Lipinski definition) is 6. The number of hydrogen-bond donors (Lipinski definition) is 2. The Morgan fingerprint density at radius 2 is 1.74 bits per heavy atom. The minimum atomic E-state index is -0.163. The number of nitrogens with two attached hydrogens (primary N) is 1. The van der Waals surface area contributed by atoms with Crippen LogP contribution in [-0.2, 0) is 11.3 Å². The lowest BCUT2D eigenvalue weighted by Gasteiger charge is -2.28. The number of aryl methyl sites for hydroxylation is 1. The first-order chi connectivity index (χ1) is 14.8. The van der Waals surface area contributed by atoms with E-state index in [-0.39, 0.29) is 11.7 Å². The van der Waals surface area contributed by atoms with E-state index in [1.165, 1.54) is 28.9 Å². The number of nitrogens with one attached hydrogen (secondary N) is 1. The molecule has 0 aliphatic carbocycles. The summed E-state index contributed by atoms with van der Waals surface area (Å²) in [5.74, 6) is 6.06. The number of hydrazine groups is 2. The second-order valence-electron chi connectivity index (χ2n) is 7.08. The third-order valence-electron chi connectivity index (χ3n) is 4.83. The molecule has 0 aliphatic heterocycles. The van der Waals surface area contributed by atoms with Crippen LogP contribution in [0.2, 0.25) is 0 Å². The van der Waals surface area contributed by atoms with Gasteiger partial charge in [-0.05, 0) is 49.2 Å². The van der Waals surface area contributed by atoms with Gasteiger partial charge in [0.2, 0.25) is 5.91 Å². The number of thiocarbonyl (C=S) groups is 1. The molecule has 0 fully saturated rings. The molecule has 0 unspecified atom stereocenters. The summed E-state index contributed by atoms with van der Waals surface area (Å²) < 4.78 is 0. The Kier molecular flexibility index (Phi) is 7.29. The fraction of sp³-hybridized carbons (Fsp3) is 0.174. The van der Waals surface area contributed by atoms with E-state index in [0.717, 1.165) is 16.0 Å². The summed E-state index contributed by atoms with van der Waals surface area (Å²) in [5, 5.41) is 6.53. The molecule has 0 bridgehead atoms. The van der Waals surface area contributed by atoms with Crippen molar-refractivity contribution in [3.05, 3.63) is 81.7 Å². The molecule has 0 saturated carbocycles. The lowest BCUT2D eigenvalue weighted by molar-refractivity contribution is -0.114. The van der Waals surface area contributed by atoms with Crippen LogP contribution in [-0.4, -0.2) is 22.3 Å². The average molecular weight is 453 g/mol. The number of carbonyl (C=O) groups is 2. The second-order valence-corrected chi connectivity index (χ2v) is 8.50. The highest BCUT2D eigenvalue weighted by Crippen LogP contribution is 2.37. The van der Waals surface area contributed by atoms with Crippen molar-refractivity contribution >= 4 is 51.4 Å². The largest absolute Gasteiger partial charge is 0.326 e. The Hall–Kier alpha value is -2.91. The van der Waals surface area contributed by atoms with Crippen LogP contribution in [0.25, 0.3) is 0 Å². The summed E-state index contributed by atoms with van der Waals surface area (Å²) in [5.41, 5.74) is 5.10. The Balaban J connectivity index is 1.93. The fourth-order valence-electron chi connectivity index (χ4n) is 3.16. The number of nitrogens with zero attached hydrogens (tertiary/aromatic N) is 2. The number of thiophene rings is 1. The zero-order chi connectivity index (χ0) is 22.5. The van der Waals surface area contributed by atoms with Crippen molar-refractivity contribution in [2.45, 2.75) is 27.3 Å². The van der Waals surface area contributed by atoms with Gasteiger partial charge in [-0.2, -0.15) is 0 Å². The van der Waals surface area contributed by atoms with Crippen LogP contribution in [0.15, 0.2) is 54.6 Å². The van der Waals surface area contributed by atoms with E-state index >= 15 is 0 Å². The van der Waals surface area contributed by atoms with Crippen molar-refractivity contribution in [1.29, 1.82) is 0 Å². The molecular weight excluding hydrogens is 428 g/mol. The van der Waals surface area contributed by atoms with Crippen LogP contribution >= 0.6 is 23.6 Å². The molecule has 3 rings (SSSR count). The molecule has 0 saturated heterocycles. The molecule has 2 aromatic carbocycles. The van der Waals surface area contributed by atoms with E-state index in [0.29, 0.717) is 28.4 Å². The third kappa shape index (κ3) is 5.23. The molecule has 0 spiro atoms. The molecule has 3 aromatic rings. The van der Waals surface area contributed by atoms with E-state index in [2.05, 4.69) is 5.32 Å². The van der Waals surface area contributed by atoms with E-state index < -0.39 is 0 Å². The van der Waals surface area contributed by atoms with Gasteiger partial charge >= 0.3 is 0 Å². The third-order valence-corrected chi connectivity index (χ3v) is 6.23. The highest BCUT2D eigenvalue weighted by atomic mass is 32.1. The SMILES string of the molecule is CC(=O)Nc1ccc(C(=O)c2c(N(C=S)N(N)Cc3ccccc3)sc(C)c2C)cc1. The van der Waals surface area contributed by atoms with Gasteiger partial charge in [-0.25, -0.2) is 10.9 Å². The van der Waals surface area contributed by atoms with E-state index in [1.54, 1.807) is 29.3 Å². The summed E-state index contributed by atoms with van der Waals surface area (Å²) >= 11 is 6.73. The molecule has 31 heavy (non-hydrogen) atoms. The zero-order valence-electron chi connectivity index (χ0n) is 17.6. The first-order valence-corrected chi connectivity index (χ1v) is 10.9. The molecule has 160 valence electrons. The molecule has 6 nitrogen and oxygen atoms in total. The summed E-state index contributed by atoms with van der Waals surface area (Å²) in [6, 6.07) is 16.6. The molecule has 1 amide bonds. The normalized spacial score (nSPS) is 10.7. The minimum Gasteiger partial charge on any atom is -0.326 e. The molecule has 0 radical (unpaired) electrons. The van der Waals surface area contributed by atoms with Gasteiger partial charge in [0.25, 0.3) is 0 Å². The average Bonchev–Trinajstić information content (AvgIpc) is 3.03. The highest BCUT2D eigenvalue weighted by Gasteiger charge is 2.26. The van der Waals surface area contributed by atoms with Crippen LogP contribution in [0.1, 0.15) is 38.8 Å². The predicted molar refractivity (Wildman–Crippen MR) is 130 cm³/mol. The molecule has 1 heterocycles. The Morgan fingerprint density at radius 3 is 2.32 bits per heavy atom. The second kappa shape index (κ2) is 9.93. The van der Waals surface area contributed by atoms with E-state index in [4.69, 9.17) is 18.1 Å². The summed E-state index contributed by atoms with van der Waals surface area (Å²) in [6.07, 6.45) is 0. The predicted octanol–water partition coefficient (Wildman–Crippen LogP) is 4.61. The first kappa shape index (κ1) is 22.8. The molecular formula is C23H24N4O2S2. The zero-order valence-corrected chi connectivity index (χ0v) is 19.2. The van der Waals surface area contributed by atoms with Crippen molar-refractivity contribution < 1.29 is 9.59 Å². The van der Waals surface area contributed by atoms with Crippen LogP contribution in [0.5, 0.6) is 0 Å². The van der Waals surface area contributed by atoms with Crippen LogP contribution < -0.4 is 16.2 Å². The van der Waals surface area contributed by atoms with Gasteiger partial charge in [0, 0.05) is 23.1 Å². The summed E-state index contributed by atoms with van der Waals surface area (Å²) in [6.45, 7) is 5.77. The van der Waals surface area contributed by atoms with Crippen LogP contribution in [0.4, 0.5) is 10.7 Å². The molecule has 0 atom stereocenters. The van der Waals surface area contributed by atoms with E-state index in [9.17, 15) is 9.59 Å². The van der Waals surface area contributed by atoms with Gasteiger partial charge in [0.05, 0.1) is 17.6 Å². The van der Waals surface area contributed by atoms with Crippen molar-refractivity contribution in [2.24, 2.45) is 5.84 Å². The molecule has 3 N–H and O–H groups in total. The summed E-state index contributed by atoms with van der Waals surface area (Å²) in [7, 11) is 0. The monoisotopic (exact) mass is 452 g/mol. The van der Waals surface area contributed by atoms with Crippen molar-refractivity contribution in [1.82, 2.24) is 5.12 Å². The van der Waals surface area contributed by atoms with Crippen LogP contribution in [0.3, 0.4) is 0 Å². The van der Waals surface area contributed by atoms with Gasteiger partial charge in [-0.15, -0.1) is 16.5 Å². The Bertz CT molecular complexity index is 1090.